The van der Waals surface area contributed by atoms with E-state index < -0.39 is 0 Å². The molecule has 1 saturated heterocycles. The minimum atomic E-state index is -0.0275. The Morgan fingerprint density at radius 3 is 2.48 bits per heavy atom. The Bertz CT molecular complexity index is 1370. The first kappa shape index (κ1) is 29.6. The molecule has 1 aliphatic carbocycles. The second-order valence-electron chi connectivity index (χ2n) is 10.4. The molecule has 0 atom stereocenters. The molecular formula is C29H38N8O4S. The van der Waals surface area contributed by atoms with Crippen molar-refractivity contribution in [3.8, 4) is 5.75 Å². The number of ether oxygens (including phenoxy) is 2. The second-order valence-corrected chi connectivity index (χ2v) is 11.4. The number of aromatic amines is 1. The van der Waals surface area contributed by atoms with Crippen LogP contribution in [0.4, 0.5) is 23.1 Å². The summed E-state index contributed by atoms with van der Waals surface area (Å²) in [5.74, 6) is 2.49. The van der Waals surface area contributed by atoms with Crippen LogP contribution in [0.1, 0.15) is 38.3 Å². The minimum absolute atomic E-state index is 0.0275. The molecule has 3 heterocycles. The van der Waals surface area contributed by atoms with Crippen LogP contribution < -0.4 is 20.3 Å². The van der Waals surface area contributed by atoms with Crippen molar-refractivity contribution >= 4 is 46.7 Å². The maximum atomic E-state index is 12.5. The number of nitrogens with one attached hydrogen (secondary N) is 3. The summed E-state index contributed by atoms with van der Waals surface area (Å²) in [6.45, 7) is 6.63. The Morgan fingerprint density at radius 1 is 1.10 bits per heavy atom. The van der Waals surface area contributed by atoms with Gasteiger partial charge in [-0.2, -0.15) is 5.10 Å². The summed E-state index contributed by atoms with van der Waals surface area (Å²) in [6, 6.07) is 9.62. The highest BCUT2D eigenvalue weighted by Crippen LogP contribution is 2.39. The minimum Gasteiger partial charge on any atom is -0.487 e. The molecule has 13 heteroatoms. The average molecular weight is 595 g/mol. The summed E-state index contributed by atoms with van der Waals surface area (Å²) >= 11 is 1.42. The van der Waals surface area contributed by atoms with Gasteiger partial charge < -0.3 is 29.9 Å². The van der Waals surface area contributed by atoms with Crippen molar-refractivity contribution in [2.75, 3.05) is 62.0 Å². The van der Waals surface area contributed by atoms with E-state index in [9.17, 15) is 9.59 Å². The average Bonchev–Trinajstić information content (AvgIpc) is 3.68. The molecule has 2 fully saturated rings. The summed E-state index contributed by atoms with van der Waals surface area (Å²) in [6.07, 6.45) is 4.17. The fourth-order valence-electron chi connectivity index (χ4n) is 5.17. The quantitative estimate of drug-likeness (QED) is 0.277. The molecule has 0 bridgehead atoms. The Hall–Kier alpha value is -3.84. The number of benzene rings is 1. The summed E-state index contributed by atoms with van der Waals surface area (Å²) in [7, 11) is 1.53. The molecule has 1 saturated carbocycles. The summed E-state index contributed by atoms with van der Waals surface area (Å²) in [5.41, 5.74) is 1.69. The first-order valence-corrected chi connectivity index (χ1v) is 15.2. The number of amides is 2. The Kier molecular flexibility index (Phi) is 9.80. The molecule has 12 nitrogen and oxygen atoms in total. The van der Waals surface area contributed by atoms with Crippen LogP contribution in [0.2, 0.25) is 0 Å². The number of aromatic nitrogens is 4. The van der Waals surface area contributed by atoms with Crippen LogP contribution in [0.3, 0.4) is 0 Å². The zero-order chi connectivity index (χ0) is 29.5. The zero-order valence-corrected chi connectivity index (χ0v) is 25.1. The second kappa shape index (κ2) is 13.9. The third kappa shape index (κ3) is 7.32. The largest absolute Gasteiger partial charge is 0.487 e. The van der Waals surface area contributed by atoms with Gasteiger partial charge in [-0.05, 0) is 62.7 Å². The molecule has 0 radical (unpaired) electrons. The van der Waals surface area contributed by atoms with Crippen molar-refractivity contribution in [2.45, 2.75) is 49.6 Å². The van der Waals surface area contributed by atoms with E-state index in [1.807, 2.05) is 44.2 Å². The van der Waals surface area contributed by atoms with E-state index in [1.54, 1.807) is 4.90 Å². The van der Waals surface area contributed by atoms with Gasteiger partial charge in [0.2, 0.25) is 17.6 Å². The third-order valence-electron chi connectivity index (χ3n) is 7.32. The fourth-order valence-corrected chi connectivity index (χ4v) is 5.92. The lowest BCUT2D eigenvalue weighted by molar-refractivity contribution is -0.135. The number of piperazine rings is 1. The molecule has 1 aliphatic heterocycles. The highest BCUT2D eigenvalue weighted by Gasteiger charge is 2.27. The lowest BCUT2D eigenvalue weighted by atomic mass is 10.1. The van der Waals surface area contributed by atoms with Crippen LogP contribution >= 0.6 is 11.8 Å². The topological polar surface area (TPSA) is 138 Å². The zero-order valence-electron chi connectivity index (χ0n) is 24.3. The molecule has 2 aliphatic rings. The number of aryl methyl sites for hydroxylation is 1. The van der Waals surface area contributed by atoms with Crippen molar-refractivity contribution in [1.29, 1.82) is 0 Å². The molecule has 0 spiro atoms. The van der Waals surface area contributed by atoms with Gasteiger partial charge in [-0.25, -0.2) is 9.97 Å². The molecule has 5 rings (SSSR count). The molecular weight excluding hydrogens is 556 g/mol. The van der Waals surface area contributed by atoms with Gasteiger partial charge in [0.1, 0.15) is 6.61 Å². The van der Waals surface area contributed by atoms with E-state index in [0.29, 0.717) is 61.1 Å². The van der Waals surface area contributed by atoms with Gasteiger partial charge in [0.15, 0.2) is 22.6 Å². The highest BCUT2D eigenvalue weighted by molar-refractivity contribution is 7.99. The molecule has 0 unspecified atom stereocenters. The number of H-pyrrole nitrogens is 1. The van der Waals surface area contributed by atoms with Gasteiger partial charge in [0.25, 0.3) is 0 Å². The lowest BCUT2D eigenvalue weighted by Crippen LogP contribution is -2.50. The van der Waals surface area contributed by atoms with Crippen molar-refractivity contribution in [1.82, 2.24) is 25.1 Å². The van der Waals surface area contributed by atoms with Gasteiger partial charge in [0.05, 0.1) is 6.61 Å². The lowest BCUT2D eigenvalue weighted by Gasteiger charge is -2.36. The van der Waals surface area contributed by atoms with Gasteiger partial charge >= 0.3 is 0 Å². The molecule has 3 aromatic rings. The van der Waals surface area contributed by atoms with Crippen LogP contribution in [0.15, 0.2) is 40.4 Å². The van der Waals surface area contributed by atoms with Gasteiger partial charge in [0, 0.05) is 61.5 Å². The van der Waals surface area contributed by atoms with E-state index >= 15 is 0 Å². The Labute approximate surface area is 250 Å². The molecule has 224 valence electrons. The van der Waals surface area contributed by atoms with Crippen molar-refractivity contribution in [3.05, 3.63) is 36.0 Å². The normalized spacial score (nSPS) is 15.6. The number of hydrogen-bond donors (Lipinski definition) is 3. The number of rotatable bonds is 11. The maximum Gasteiger partial charge on any atom is 0.248 e. The van der Waals surface area contributed by atoms with E-state index in [4.69, 9.17) is 19.4 Å². The van der Waals surface area contributed by atoms with Crippen LogP contribution in [-0.4, -0.2) is 83.4 Å². The fraction of sp³-hybridized carbons (Fsp3) is 0.483. The first-order valence-electron chi connectivity index (χ1n) is 14.4. The van der Waals surface area contributed by atoms with E-state index in [0.717, 1.165) is 42.0 Å². The number of nitrogens with zero attached hydrogens (tertiary/aromatic N) is 5. The number of carbonyl (C=O) groups is 2. The monoisotopic (exact) mass is 594 g/mol. The van der Waals surface area contributed by atoms with Gasteiger partial charge in [-0.3, -0.25) is 14.7 Å². The van der Waals surface area contributed by atoms with Crippen LogP contribution in [-0.2, 0) is 14.3 Å². The standard InChI is InChI=1S/C29H38N8O4S/c1-4-41-25-26(31-23-17-19(2)34-35-23)32-29(33-27(25)37-15-13-36(14-16-37)24(38)18-40-3)42-22-11-9-21(10-12-22)30-28(39)20-7-5-6-8-20/h9-12,17,20H,4-8,13-16,18H2,1-3H3,(H,30,39)(H2,31,32,33,34,35). The molecule has 2 aromatic heterocycles. The number of hydrogen-bond acceptors (Lipinski definition) is 10. The third-order valence-corrected chi connectivity index (χ3v) is 8.20. The predicted octanol–water partition coefficient (Wildman–Crippen LogP) is 4.23. The first-order chi connectivity index (χ1) is 20.4. The molecule has 2 amide bonds. The Morgan fingerprint density at radius 2 is 1.83 bits per heavy atom. The van der Waals surface area contributed by atoms with Gasteiger partial charge in [-0.15, -0.1) is 0 Å². The summed E-state index contributed by atoms with van der Waals surface area (Å²) in [5, 5.41) is 14.1. The maximum absolute atomic E-state index is 12.5. The molecule has 3 N–H and O–H groups in total. The summed E-state index contributed by atoms with van der Waals surface area (Å²) in [4.78, 5) is 39.5. The van der Waals surface area contributed by atoms with E-state index in [-0.39, 0.29) is 24.3 Å². The van der Waals surface area contributed by atoms with E-state index in [1.165, 1.54) is 18.9 Å². The SMILES string of the molecule is CCOc1c(Nc2cc(C)[nH]n2)nc(Sc2ccc(NC(=O)C3CCCC3)cc2)nc1N1CCN(C(=O)COC)CC1. The van der Waals surface area contributed by atoms with Crippen molar-refractivity contribution in [2.24, 2.45) is 5.92 Å². The van der Waals surface area contributed by atoms with E-state index in [2.05, 4.69) is 25.7 Å². The van der Waals surface area contributed by atoms with Crippen molar-refractivity contribution < 1.29 is 19.1 Å². The highest BCUT2D eigenvalue weighted by atomic mass is 32.2. The Balaban J connectivity index is 1.39. The van der Waals surface area contributed by atoms with Crippen LogP contribution in [0.5, 0.6) is 5.75 Å². The van der Waals surface area contributed by atoms with Crippen molar-refractivity contribution in [3.63, 3.8) is 0 Å². The number of carbonyl (C=O) groups excluding carboxylic acids is 2. The molecule has 1 aromatic carbocycles. The number of anilines is 4. The smallest absolute Gasteiger partial charge is 0.248 e. The van der Waals surface area contributed by atoms with Gasteiger partial charge in [-0.1, -0.05) is 12.8 Å². The number of methoxy groups -OCH3 is 1. The van der Waals surface area contributed by atoms with Crippen LogP contribution in [0.25, 0.3) is 0 Å². The molecule has 42 heavy (non-hydrogen) atoms. The van der Waals surface area contributed by atoms with Crippen LogP contribution in [0, 0.1) is 12.8 Å². The predicted molar refractivity (Wildman–Crippen MR) is 162 cm³/mol. The summed E-state index contributed by atoms with van der Waals surface area (Å²) < 4.78 is 11.1.